The number of hydrogen-bond acceptors (Lipinski definition) is 14. The van der Waals surface area contributed by atoms with E-state index in [1.807, 2.05) is 50.2 Å². The van der Waals surface area contributed by atoms with Crippen molar-refractivity contribution in [3.05, 3.63) is 107 Å². The predicted molar refractivity (Wildman–Crippen MR) is 182 cm³/mol. The van der Waals surface area contributed by atoms with Crippen LogP contribution in [0.3, 0.4) is 0 Å². The quantitative estimate of drug-likeness (QED) is 0.0393. The number of carboxylic acid groups (broad SMARTS) is 1. The van der Waals surface area contributed by atoms with E-state index in [2.05, 4.69) is 31.0 Å². The Balaban J connectivity index is 0.00000351. The van der Waals surface area contributed by atoms with Gasteiger partial charge in [-0.15, -0.1) is 10.2 Å². The number of aryl methyl sites for hydroxylation is 3. The van der Waals surface area contributed by atoms with Gasteiger partial charge in [-0.1, -0.05) is 12.1 Å². The van der Waals surface area contributed by atoms with Gasteiger partial charge in [0.1, 0.15) is 21.5 Å². The standard InChI is InChI=1S/C34H30N8O6S.2Na/c1-18-14-21(4-11-27(18)39-38-24-8-13-30(43)26(17-24)34(44)45)22-5-12-28(19(2)15-22)40-42-33-31(35)20(3)16-29(32(33)36)41-37-23-6-9-25(10-7-23)49(46,47)48;;/h4-17,39H,35-36H2,1-3H3,(H,44,45)(H,46,47,48);;/q;2*+1/p-2/b38-24+,41-37?,42-40?;;. The molecule has 0 radical (unpaired) electrons. The summed E-state index contributed by atoms with van der Waals surface area (Å²) in [5.74, 6) is -2.21. The average molecular weight is 723 g/mol. The van der Waals surface area contributed by atoms with Crippen molar-refractivity contribution < 1.29 is 86.8 Å². The van der Waals surface area contributed by atoms with Crippen LogP contribution < -0.4 is 81.1 Å². The molecule has 14 nitrogen and oxygen atoms in total. The number of hydrogen-bond donors (Lipinski definition) is 3. The van der Waals surface area contributed by atoms with E-state index in [0.717, 1.165) is 46.5 Å². The maximum Gasteiger partial charge on any atom is 1.00 e. The zero-order valence-electron chi connectivity index (χ0n) is 28.3. The molecule has 51 heavy (non-hydrogen) atoms. The first-order valence-corrected chi connectivity index (χ1v) is 15.9. The van der Waals surface area contributed by atoms with E-state index >= 15 is 0 Å². The molecule has 0 heterocycles. The molecule has 248 valence electrons. The number of nitrogens with two attached hydrogens (primary N) is 2. The van der Waals surface area contributed by atoms with Gasteiger partial charge in [-0.2, -0.15) is 15.3 Å². The Kier molecular flexibility index (Phi) is 13.9. The molecule has 0 atom stereocenters. The third kappa shape index (κ3) is 9.93. The second kappa shape index (κ2) is 17.3. The molecular weight excluding hydrogens is 694 g/mol. The fourth-order valence-corrected chi connectivity index (χ4v) is 5.16. The third-order valence-electron chi connectivity index (χ3n) is 7.47. The van der Waals surface area contributed by atoms with E-state index in [4.69, 9.17) is 11.5 Å². The Morgan fingerprint density at radius 3 is 1.98 bits per heavy atom. The fourth-order valence-electron chi connectivity index (χ4n) is 4.69. The van der Waals surface area contributed by atoms with E-state index in [1.54, 1.807) is 13.0 Å². The van der Waals surface area contributed by atoms with Crippen LogP contribution in [-0.2, 0) is 19.7 Å². The number of anilines is 3. The maximum absolute atomic E-state index is 11.7. The Hall–Kier alpha value is -4.32. The van der Waals surface area contributed by atoms with Crippen LogP contribution in [0.15, 0.2) is 121 Å². The molecule has 1 aliphatic carbocycles. The van der Waals surface area contributed by atoms with Crippen LogP contribution in [0.25, 0.3) is 11.1 Å². The maximum atomic E-state index is 11.7. The molecule has 5 N–H and O–H groups in total. The van der Waals surface area contributed by atoms with Gasteiger partial charge >= 0.3 is 59.1 Å². The number of rotatable bonds is 9. The van der Waals surface area contributed by atoms with Crippen molar-refractivity contribution in [1.29, 1.82) is 0 Å². The van der Waals surface area contributed by atoms with Crippen molar-refractivity contribution in [2.45, 2.75) is 25.7 Å². The zero-order chi connectivity index (χ0) is 35.5. The number of nitrogens with zero attached hydrogens (tertiary/aromatic N) is 5. The van der Waals surface area contributed by atoms with Crippen molar-refractivity contribution in [3.8, 4) is 11.1 Å². The summed E-state index contributed by atoms with van der Waals surface area (Å²) in [6.45, 7) is 5.54. The Labute approximate surface area is 337 Å². The number of carbonyl (C=O) groups excluding carboxylic acids is 2. The number of nitrogens with one attached hydrogen (secondary N) is 1. The largest absolute Gasteiger partial charge is 1.00 e. The molecule has 4 aromatic rings. The van der Waals surface area contributed by atoms with Crippen molar-refractivity contribution in [1.82, 2.24) is 0 Å². The predicted octanol–water partition coefficient (Wildman–Crippen LogP) is -0.231. The van der Waals surface area contributed by atoms with E-state index in [0.29, 0.717) is 28.3 Å². The van der Waals surface area contributed by atoms with Gasteiger partial charge in [0.05, 0.1) is 45.0 Å². The number of carbonyl (C=O) groups is 2. The van der Waals surface area contributed by atoms with Crippen LogP contribution in [0, 0.1) is 20.8 Å². The van der Waals surface area contributed by atoms with Crippen LogP contribution in [-0.4, -0.2) is 30.4 Å². The normalized spacial score (nSPS) is 13.6. The van der Waals surface area contributed by atoms with Crippen LogP contribution in [0.2, 0.25) is 0 Å². The molecule has 0 unspecified atom stereocenters. The molecule has 0 amide bonds. The number of nitrogen functional groups attached to an aromatic ring is 2. The molecule has 0 bridgehead atoms. The summed E-state index contributed by atoms with van der Waals surface area (Å²) >= 11 is 0. The number of allylic oxidation sites excluding steroid dienone is 3. The monoisotopic (exact) mass is 722 g/mol. The molecule has 0 saturated heterocycles. The van der Waals surface area contributed by atoms with Gasteiger partial charge in [0.2, 0.25) is 0 Å². The minimum Gasteiger partial charge on any atom is -0.744 e. The molecule has 0 spiro atoms. The van der Waals surface area contributed by atoms with Crippen LogP contribution in [0.1, 0.15) is 16.7 Å². The van der Waals surface area contributed by atoms with Crippen LogP contribution in [0.5, 0.6) is 0 Å². The average Bonchev–Trinajstić information content (AvgIpc) is 3.06. The summed E-state index contributed by atoms with van der Waals surface area (Å²) in [6, 6.07) is 18.0. The Morgan fingerprint density at radius 1 is 0.745 bits per heavy atom. The second-order valence-electron chi connectivity index (χ2n) is 11.0. The number of benzene rings is 4. The molecular formula is C34H28N8Na2O6S. The summed E-state index contributed by atoms with van der Waals surface area (Å²) in [5.41, 5.74) is 22.0. The zero-order valence-corrected chi connectivity index (χ0v) is 33.1. The topological polar surface area (TPSA) is 240 Å². The SMILES string of the molecule is Cc1cc(-c2ccc(N/N=C3\C=CC(=O)C(C(=O)[O-])=C3)c(C)c2)ccc1N=Nc1c(N)c(C)cc(N=Nc2ccc(S(=O)(=O)[O-])cc2)c1N.[Na+].[Na+]. The van der Waals surface area contributed by atoms with Crippen LogP contribution in [0.4, 0.5) is 39.8 Å². The molecule has 1 aliphatic rings. The van der Waals surface area contributed by atoms with Gasteiger partial charge in [0, 0.05) is 5.57 Å². The Bertz CT molecular complexity index is 2290. The van der Waals surface area contributed by atoms with Gasteiger partial charge in [0.25, 0.3) is 0 Å². The van der Waals surface area contributed by atoms with Crippen molar-refractivity contribution in [3.63, 3.8) is 0 Å². The minimum absolute atomic E-state index is 0. The first-order valence-electron chi connectivity index (χ1n) is 14.5. The van der Waals surface area contributed by atoms with E-state index in [-0.39, 0.29) is 86.8 Å². The van der Waals surface area contributed by atoms with E-state index < -0.39 is 27.4 Å². The smallest absolute Gasteiger partial charge is 0.744 e. The third-order valence-corrected chi connectivity index (χ3v) is 8.32. The summed E-state index contributed by atoms with van der Waals surface area (Å²) < 4.78 is 33.5. The van der Waals surface area contributed by atoms with Crippen molar-refractivity contribution >= 4 is 67.4 Å². The van der Waals surface area contributed by atoms with E-state index in [1.165, 1.54) is 18.2 Å². The summed E-state index contributed by atoms with van der Waals surface area (Å²) in [4.78, 5) is 22.4. The van der Waals surface area contributed by atoms with Gasteiger partial charge in [-0.3, -0.25) is 10.2 Å². The van der Waals surface area contributed by atoms with E-state index in [9.17, 15) is 27.7 Å². The number of hydrazone groups is 1. The molecule has 5 rings (SSSR count). The number of azo groups is 2. The van der Waals surface area contributed by atoms with Gasteiger partial charge < -0.3 is 25.9 Å². The second-order valence-corrected chi connectivity index (χ2v) is 12.3. The van der Waals surface area contributed by atoms with Crippen LogP contribution >= 0.6 is 0 Å². The minimum atomic E-state index is -4.58. The van der Waals surface area contributed by atoms with Crippen molar-refractivity contribution in [2.24, 2.45) is 25.6 Å². The van der Waals surface area contributed by atoms with Crippen molar-refractivity contribution in [2.75, 3.05) is 16.9 Å². The molecule has 4 aromatic carbocycles. The first kappa shape index (κ1) is 41.1. The summed E-state index contributed by atoms with van der Waals surface area (Å²) in [6.07, 6.45) is 3.69. The molecule has 0 saturated carbocycles. The fraction of sp³-hybridized carbons (Fsp3) is 0.0882. The summed E-state index contributed by atoms with van der Waals surface area (Å²) in [7, 11) is -4.58. The van der Waals surface area contributed by atoms with Gasteiger partial charge in [0.15, 0.2) is 5.78 Å². The Morgan fingerprint density at radius 2 is 1.37 bits per heavy atom. The van der Waals surface area contributed by atoms with Gasteiger partial charge in [-0.05, 0) is 121 Å². The first-order chi connectivity index (χ1) is 23.2. The number of ketones is 1. The molecule has 0 aliphatic heterocycles. The number of aliphatic carboxylic acids is 1. The summed E-state index contributed by atoms with van der Waals surface area (Å²) in [5, 5.41) is 32.3. The molecule has 0 fully saturated rings. The van der Waals surface area contributed by atoms with Gasteiger partial charge in [-0.25, -0.2) is 8.42 Å². The molecule has 17 heteroatoms. The number of carboxylic acids is 1. The molecule has 0 aromatic heterocycles.